The van der Waals surface area contributed by atoms with Gasteiger partial charge in [0.25, 0.3) is 0 Å². The molecule has 0 unspecified atom stereocenters. The Labute approximate surface area is 122 Å². The third-order valence-corrected chi connectivity index (χ3v) is 3.63. The largest absolute Gasteiger partial charge is 0.497 e. The van der Waals surface area contributed by atoms with E-state index in [2.05, 4.69) is 53.3 Å². The zero-order valence-corrected chi connectivity index (χ0v) is 13.0. The standard InChI is InChI=1S/C16H18BrNO/c1-11-4-5-13(6-12(11)2)10-18-15-7-14(17)8-16(9-15)19-3/h4-9,18H,10H2,1-3H3. The molecule has 0 aliphatic heterocycles. The lowest BCUT2D eigenvalue weighted by molar-refractivity contribution is 0.414. The van der Waals surface area contributed by atoms with Gasteiger partial charge in [0.15, 0.2) is 0 Å². The predicted molar refractivity (Wildman–Crippen MR) is 83.9 cm³/mol. The van der Waals surface area contributed by atoms with E-state index in [1.165, 1.54) is 16.7 Å². The molecule has 0 bridgehead atoms. The van der Waals surface area contributed by atoms with Crippen molar-refractivity contribution < 1.29 is 4.74 Å². The minimum atomic E-state index is 0.806. The predicted octanol–water partition coefficient (Wildman–Crippen LogP) is 4.69. The molecule has 0 amide bonds. The number of nitrogens with one attached hydrogen (secondary N) is 1. The molecule has 0 radical (unpaired) electrons. The number of halogens is 1. The smallest absolute Gasteiger partial charge is 0.122 e. The molecule has 0 fully saturated rings. The number of rotatable bonds is 4. The minimum absolute atomic E-state index is 0.806. The van der Waals surface area contributed by atoms with Gasteiger partial charge in [-0.3, -0.25) is 0 Å². The summed E-state index contributed by atoms with van der Waals surface area (Å²) < 4.78 is 6.26. The van der Waals surface area contributed by atoms with Gasteiger partial charge < -0.3 is 10.1 Å². The Balaban J connectivity index is 2.09. The Morgan fingerprint density at radius 1 is 1.05 bits per heavy atom. The van der Waals surface area contributed by atoms with Crippen LogP contribution in [0.25, 0.3) is 0 Å². The normalized spacial score (nSPS) is 10.3. The van der Waals surface area contributed by atoms with Crippen LogP contribution in [0.2, 0.25) is 0 Å². The lowest BCUT2D eigenvalue weighted by Gasteiger charge is -2.10. The number of hydrogen-bond acceptors (Lipinski definition) is 2. The summed E-state index contributed by atoms with van der Waals surface area (Å²) in [5.74, 6) is 0.844. The fourth-order valence-corrected chi connectivity index (χ4v) is 2.37. The highest BCUT2D eigenvalue weighted by Gasteiger charge is 2.01. The average Bonchev–Trinajstić information content (AvgIpc) is 2.39. The molecule has 2 aromatic rings. The van der Waals surface area contributed by atoms with Crippen LogP contribution < -0.4 is 10.1 Å². The summed E-state index contributed by atoms with van der Waals surface area (Å²) in [6.45, 7) is 5.08. The van der Waals surface area contributed by atoms with Crippen LogP contribution in [-0.2, 0) is 6.54 Å². The van der Waals surface area contributed by atoms with Crippen LogP contribution >= 0.6 is 15.9 Å². The molecule has 0 aromatic heterocycles. The average molecular weight is 320 g/mol. The van der Waals surface area contributed by atoms with Crippen molar-refractivity contribution in [1.82, 2.24) is 0 Å². The summed E-state index contributed by atoms with van der Waals surface area (Å²) in [7, 11) is 1.68. The topological polar surface area (TPSA) is 21.3 Å². The van der Waals surface area contributed by atoms with Gasteiger partial charge in [0.1, 0.15) is 5.75 Å². The van der Waals surface area contributed by atoms with E-state index >= 15 is 0 Å². The maximum absolute atomic E-state index is 5.25. The maximum Gasteiger partial charge on any atom is 0.122 e. The Morgan fingerprint density at radius 3 is 2.53 bits per heavy atom. The van der Waals surface area contributed by atoms with Gasteiger partial charge in [0.2, 0.25) is 0 Å². The lowest BCUT2D eigenvalue weighted by atomic mass is 10.1. The van der Waals surface area contributed by atoms with Gasteiger partial charge in [0, 0.05) is 22.8 Å². The number of benzene rings is 2. The molecule has 2 rings (SSSR count). The summed E-state index contributed by atoms with van der Waals surface area (Å²) in [6, 6.07) is 12.5. The van der Waals surface area contributed by atoms with Gasteiger partial charge in [-0.25, -0.2) is 0 Å². The number of aryl methyl sites for hydroxylation is 2. The zero-order chi connectivity index (χ0) is 13.8. The van der Waals surface area contributed by atoms with E-state index in [0.29, 0.717) is 0 Å². The van der Waals surface area contributed by atoms with E-state index in [-0.39, 0.29) is 0 Å². The maximum atomic E-state index is 5.25. The molecule has 3 heteroatoms. The van der Waals surface area contributed by atoms with Crippen molar-refractivity contribution in [3.05, 3.63) is 57.6 Å². The molecule has 0 saturated carbocycles. The SMILES string of the molecule is COc1cc(Br)cc(NCc2ccc(C)c(C)c2)c1. The van der Waals surface area contributed by atoms with E-state index < -0.39 is 0 Å². The first-order valence-electron chi connectivity index (χ1n) is 6.23. The van der Waals surface area contributed by atoms with E-state index in [1.54, 1.807) is 7.11 Å². The van der Waals surface area contributed by atoms with Crippen LogP contribution in [0.15, 0.2) is 40.9 Å². The quantitative estimate of drug-likeness (QED) is 0.883. The van der Waals surface area contributed by atoms with Crippen molar-refractivity contribution in [3.8, 4) is 5.75 Å². The van der Waals surface area contributed by atoms with Gasteiger partial charge >= 0.3 is 0 Å². The first-order chi connectivity index (χ1) is 9.08. The molecule has 2 nitrogen and oxygen atoms in total. The molecule has 0 aliphatic rings. The van der Waals surface area contributed by atoms with Crippen molar-refractivity contribution in [3.63, 3.8) is 0 Å². The third kappa shape index (κ3) is 3.74. The molecular weight excluding hydrogens is 302 g/mol. The first-order valence-corrected chi connectivity index (χ1v) is 7.02. The highest BCUT2D eigenvalue weighted by Crippen LogP contribution is 2.25. The molecule has 100 valence electrons. The fraction of sp³-hybridized carbons (Fsp3) is 0.250. The Morgan fingerprint density at radius 2 is 1.84 bits per heavy atom. The van der Waals surface area contributed by atoms with Crippen LogP contribution in [0.3, 0.4) is 0 Å². The number of methoxy groups -OCH3 is 1. The summed E-state index contributed by atoms with van der Waals surface area (Å²) in [4.78, 5) is 0. The molecule has 2 aromatic carbocycles. The first kappa shape index (κ1) is 13.9. The van der Waals surface area contributed by atoms with Crippen LogP contribution in [0.1, 0.15) is 16.7 Å². The Bertz CT molecular complexity index is 581. The third-order valence-electron chi connectivity index (χ3n) is 3.17. The van der Waals surface area contributed by atoms with Gasteiger partial charge in [-0.05, 0) is 42.7 Å². The molecule has 0 spiro atoms. The van der Waals surface area contributed by atoms with Gasteiger partial charge in [-0.1, -0.05) is 34.1 Å². The molecule has 19 heavy (non-hydrogen) atoms. The van der Waals surface area contributed by atoms with E-state index in [9.17, 15) is 0 Å². The summed E-state index contributed by atoms with van der Waals surface area (Å²) in [5.41, 5.74) is 4.98. The van der Waals surface area contributed by atoms with E-state index in [1.807, 2.05) is 18.2 Å². The highest BCUT2D eigenvalue weighted by atomic mass is 79.9. The molecule has 0 heterocycles. The van der Waals surface area contributed by atoms with Crippen molar-refractivity contribution >= 4 is 21.6 Å². The second-order valence-electron chi connectivity index (χ2n) is 4.65. The summed E-state index contributed by atoms with van der Waals surface area (Å²) in [6.07, 6.45) is 0. The van der Waals surface area contributed by atoms with E-state index in [0.717, 1.165) is 22.5 Å². The highest BCUT2D eigenvalue weighted by molar-refractivity contribution is 9.10. The molecule has 1 N–H and O–H groups in total. The molecule has 0 atom stereocenters. The lowest BCUT2D eigenvalue weighted by Crippen LogP contribution is -2.00. The number of anilines is 1. The van der Waals surface area contributed by atoms with Crippen LogP contribution in [0.5, 0.6) is 5.75 Å². The number of ether oxygens (including phenoxy) is 1. The summed E-state index contributed by atoms with van der Waals surface area (Å²) >= 11 is 3.48. The van der Waals surface area contributed by atoms with E-state index in [4.69, 9.17) is 4.74 Å². The van der Waals surface area contributed by atoms with Crippen LogP contribution in [0, 0.1) is 13.8 Å². The second-order valence-corrected chi connectivity index (χ2v) is 5.57. The minimum Gasteiger partial charge on any atom is -0.497 e. The van der Waals surface area contributed by atoms with Crippen molar-refractivity contribution in [2.45, 2.75) is 20.4 Å². The zero-order valence-electron chi connectivity index (χ0n) is 11.5. The van der Waals surface area contributed by atoms with Gasteiger partial charge in [-0.2, -0.15) is 0 Å². The summed E-state index contributed by atoms with van der Waals surface area (Å²) in [5, 5.41) is 3.41. The van der Waals surface area contributed by atoms with Gasteiger partial charge in [0.05, 0.1) is 7.11 Å². The monoisotopic (exact) mass is 319 g/mol. The van der Waals surface area contributed by atoms with Crippen LogP contribution in [0.4, 0.5) is 5.69 Å². The Hall–Kier alpha value is -1.48. The number of hydrogen-bond donors (Lipinski definition) is 1. The molecular formula is C16H18BrNO. The second kappa shape index (κ2) is 6.11. The Kier molecular flexibility index (Phi) is 4.48. The van der Waals surface area contributed by atoms with Crippen molar-refractivity contribution in [2.24, 2.45) is 0 Å². The van der Waals surface area contributed by atoms with Crippen molar-refractivity contribution in [1.29, 1.82) is 0 Å². The van der Waals surface area contributed by atoms with Gasteiger partial charge in [-0.15, -0.1) is 0 Å². The van der Waals surface area contributed by atoms with Crippen molar-refractivity contribution in [2.75, 3.05) is 12.4 Å². The van der Waals surface area contributed by atoms with Crippen LogP contribution in [-0.4, -0.2) is 7.11 Å². The molecule has 0 aliphatic carbocycles. The molecule has 0 saturated heterocycles. The fourth-order valence-electron chi connectivity index (χ4n) is 1.90.